The molecule has 1 saturated heterocycles. The molecule has 6 nitrogen and oxygen atoms in total. The van der Waals surface area contributed by atoms with Crippen LogP contribution in [0.3, 0.4) is 0 Å². The average molecular weight is 409 g/mol. The number of phenols is 1. The van der Waals surface area contributed by atoms with Gasteiger partial charge in [0.05, 0.1) is 17.9 Å². The minimum absolute atomic E-state index is 0.0120. The number of carbonyl (C=O) groups excluding carboxylic acids is 1. The third kappa shape index (κ3) is 5.04. The standard InChI is InChI=1S/C20H22F3N3O3/c1-2-29-18-7-6-14(20(21,22)23)12-17(18)24-19(28)26-10-8-25(9-11-26)15-4-3-5-16(27)13-15/h3-7,12-13,27H,2,8-11H2,1H3,(H,24,28). The molecule has 2 aromatic rings. The van der Waals surface area contributed by atoms with Crippen LogP contribution < -0.4 is 15.0 Å². The first-order valence-electron chi connectivity index (χ1n) is 9.22. The molecule has 29 heavy (non-hydrogen) atoms. The molecule has 156 valence electrons. The molecule has 1 fully saturated rings. The van der Waals surface area contributed by atoms with Gasteiger partial charge in [-0.25, -0.2) is 4.79 Å². The highest BCUT2D eigenvalue weighted by atomic mass is 19.4. The third-order valence-electron chi connectivity index (χ3n) is 4.61. The zero-order chi connectivity index (χ0) is 21.0. The van der Waals surface area contributed by atoms with Crippen molar-refractivity contribution in [3.05, 3.63) is 48.0 Å². The molecule has 1 heterocycles. The quantitative estimate of drug-likeness (QED) is 0.796. The van der Waals surface area contributed by atoms with E-state index in [0.717, 1.165) is 17.8 Å². The van der Waals surface area contributed by atoms with Crippen molar-refractivity contribution in [2.24, 2.45) is 0 Å². The summed E-state index contributed by atoms with van der Waals surface area (Å²) in [5.41, 5.74) is -0.0198. The molecule has 0 radical (unpaired) electrons. The zero-order valence-corrected chi connectivity index (χ0v) is 15.9. The van der Waals surface area contributed by atoms with Gasteiger partial charge in [-0.15, -0.1) is 0 Å². The normalized spacial score (nSPS) is 14.6. The van der Waals surface area contributed by atoms with E-state index in [0.29, 0.717) is 26.2 Å². The van der Waals surface area contributed by atoms with Gasteiger partial charge in [0.1, 0.15) is 11.5 Å². The molecule has 3 rings (SSSR count). The van der Waals surface area contributed by atoms with Gasteiger partial charge in [-0.05, 0) is 37.3 Å². The van der Waals surface area contributed by atoms with E-state index in [2.05, 4.69) is 5.32 Å². The monoisotopic (exact) mass is 409 g/mol. The number of amides is 2. The number of phenolic OH excluding ortho intramolecular Hbond substituents is 1. The molecular weight excluding hydrogens is 387 g/mol. The smallest absolute Gasteiger partial charge is 0.416 e. The van der Waals surface area contributed by atoms with Crippen molar-refractivity contribution in [2.45, 2.75) is 13.1 Å². The van der Waals surface area contributed by atoms with Crippen LogP contribution in [0.4, 0.5) is 29.3 Å². The van der Waals surface area contributed by atoms with Gasteiger partial charge in [-0.2, -0.15) is 13.2 Å². The molecule has 0 spiro atoms. The van der Waals surface area contributed by atoms with E-state index in [4.69, 9.17) is 4.74 Å². The molecule has 1 aliphatic heterocycles. The van der Waals surface area contributed by atoms with Crippen LogP contribution >= 0.6 is 0 Å². The Morgan fingerprint density at radius 1 is 1.14 bits per heavy atom. The Balaban J connectivity index is 1.67. The average Bonchev–Trinajstić information content (AvgIpc) is 2.69. The van der Waals surface area contributed by atoms with Gasteiger partial charge in [-0.1, -0.05) is 6.07 Å². The molecule has 2 amide bonds. The summed E-state index contributed by atoms with van der Waals surface area (Å²) in [6, 6.07) is 9.37. The van der Waals surface area contributed by atoms with Crippen molar-refractivity contribution >= 4 is 17.4 Å². The Morgan fingerprint density at radius 2 is 1.86 bits per heavy atom. The summed E-state index contributed by atoms with van der Waals surface area (Å²) in [6.07, 6.45) is -4.52. The molecule has 0 unspecified atom stereocenters. The van der Waals surface area contributed by atoms with E-state index in [-0.39, 0.29) is 23.8 Å². The molecule has 1 aliphatic rings. The lowest BCUT2D eigenvalue weighted by Crippen LogP contribution is -2.50. The second-order valence-corrected chi connectivity index (χ2v) is 6.57. The highest BCUT2D eigenvalue weighted by Crippen LogP contribution is 2.35. The van der Waals surface area contributed by atoms with Crippen molar-refractivity contribution < 1.29 is 27.8 Å². The fourth-order valence-electron chi connectivity index (χ4n) is 3.14. The Hall–Kier alpha value is -3.10. The molecule has 2 aromatic carbocycles. The highest BCUT2D eigenvalue weighted by molar-refractivity contribution is 5.91. The Labute approximate surface area is 166 Å². The number of piperazine rings is 1. The number of hydrogen-bond acceptors (Lipinski definition) is 4. The van der Waals surface area contributed by atoms with E-state index in [9.17, 15) is 23.1 Å². The molecular formula is C20H22F3N3O3. The first-order valence-corrected chi connectivity index (χ1v) is 9.22. The number of halogens is 3. The minimum Gasteiger partial charge on any atom is -0.508 e. The van der Waals surface area contributed by atoms with Crippen LogP contribution in [0.5, 0.6) is 11.5 Å². The van der Waals surface area contributed by atoms with E-state index >= 15 is 0 Å². The molecule has 0 atom stereocenters. The number of aromatic hydroxyl groups is 1. The first kappa shape index (κ1) is 20.6. The van der Waals surface area contributed by atoms with E-state index < -0.39 is 17.8 Å². The van der Waals surface area contributed by atoms with Gasteiger partial charge in [0.25, 0.3) is 0 Å². The minimum atomic E-state index is -4.52. The summed E-state index contributed by atoms with van der Waals surface area (Å²) in [5, 5.41) is 12.1. The second-order valence-electron chi connectivity index (χ2n) is 6.57. The predicted molar refractivity (Wildman–Crippen MR) is 104 cm³/mol. The Morgan fingerprint density at radius 3 is 2.48 bits per heavy atom. The van der Waals surface area contributed by atoms with E-state index in [1.807, 2.05) is 11.0 Å². The van der Waals surface area contributed by atoms with Gasteiger partial charge in [0, 0.05) is 37.9 Å². The first-order chi connectivity index (χ1) is 13.8. The SMILES string of the molecule is CCOc1ccc(C(F)(F)F)cc1NC(=O)N1CCN(c2cccc(O)c2)CC1. The number of rotatable bonds is 4. The maximum Gasteiger partial charge on any atom is 0.416 e. The van der Waals surface area contributed by atoms with Crippen LogP contribution in [0.25, 0.3) is 0 Å². The van der Waals surface area contributed by atoms with Crippen LogP contribution in [-0.2, 0) is 6.18 Å². The van der Waals surface area contributed by atoms with Crippen molar-refractivity contribution in [2.75, 3.05) is 43.0 Å². The molecule has 0 bridgehead atoms. The van der Waals surface area contributed by atoms with E-state index in [1.165, 1.54) is 11.0 Å². The fourth-order valence-corrected chi connectivity index (χ4v) is 3.14. The molecule has 0 aliphatic carbocycles. The summed E-state index contributed by atoms with van der Waals surface area (Å²) in [4.78, 5) is 16.2. The molecule has 0 aromatic heterocycles. The Bertz CT molecular complexity index is 866. The van der Waals surface area contributed by atoms with Crippen molar-refractivity contribution in [3.8, 4) is 11.5 Å². The number of hydrogen-bond donors (Lipinski definition) is 2. The number of anilines is 2. The van der Waals surface area contributed by atoms with Gasteiger partial charge < -0.3 is 25.0 Å². The lowest BCUT2D eigenvalue weighted by Gasteiger charge is -2.36. The third-order valence-corrected chi connectivity index (χ3v) is 4.61. The highest BCUT2D eigenvalue weighted by Gasteiger charge is 2.32. The lowest BCUT2D eigenvalue weighted by atomic mass is 10.1. The predicted octanol–water partition coefficient (Wildman–Crippen LogP) is 4.16. The summed E-state index contributed by atoms with van der Waals surface area (Å²) in [7, 11) is 0. The van der Waals surface area contributed by atoms with Gasteiger partial charge >= 0.3 is 12.2 Å². The van der Waals surface area contributed by atoms with Crippen molar-refractivity contribution in [1.29, 1.82) is 0 Å². The fraction of sp³-hybridized carbons (Fsp3) is 0.350. The number of benzene rings is 2. The van der Waals surface area contributed by atoms with Crippen LogP contribution in [-0.4, -0.2) is 48.8 Å². The number of ether oxygens (including phenoxy) is 1. The number of nitrogens with zero attached hydrogens (tertiary/aromatic N) is 2. The molecule has 2 N–H and O–H groups in total. The number of urea groups is 1. The summed E-state index contributed by atoms with van der Waals surface area (Å²) >= 11 is 0. The van der Waals surface area contributed by atoms with Crippen LogP contribution in [0, 0.1) is 0 Å². The lowest BCUT2D eigenvalue weighted by molar-refractivity contribution is -0.137. The summed E-state index contributed by atoms with van der Waals surface area (Å²) < 4.78 is 44.4. The van der Waals surface area contributed by atoms with Crippen molar-refractivity contribution in [1.82, 2.24) is 4.90 Å². The maximum atomic E-state index is 13.0. The Kier molecular flexibility index (Phi) is 6.05. The zero-order valence-electron chi connectivity index (χ0n) is 15.9. The van der Waals surface area contributed by atoms with Gasteiger partial charge in [0.2, 0.25) is 0 Å². The van der Waals surface area contributed by atoms with Crippen LogP contribution in [0.1, 0.15) is 12.5 Å². The number of carbonyl (C=O) groups is 1. The summed E-state index contributed by atoms with van der Waals surface area (Å²) in [6.45, 7) is 3.84. The molecule has 0 saturated carbocycles. The van der Waals surface area contributed by atoms with Crippen LogP contribution in [0.2, 0.25) is 0 Å². The summed E-state index contributed by atoms with van der Waals surface area (Å²) in [5.74, 6) is 0.350. The number of nitrogens with one attached hydrogen (secondary N) is 1. The maximum absolute atomic E-state index is 13.0. The second kappa shape index (κ2) is 8.50. The van der Waals surface area contributed by atoms with Crippen LogP contribution in [0.15, 0.2) is 42.5 Å². The molecule has 9 heteroatoms. The van der Waals surface area contributed by atoms with Crippen molar-refractivity contribution in [3.63, 3.8) is 0 Å². The largest absolute Gasteiger partial charge is 0.508 e. The van der Waals surface area contributed by atoms with Gasteiger partial charge in [-0.3, -0.25) is 0 Å². The topological polar surface area (TPSA) is 65.0 Å². The number of alkyl halides is 3. The van der Waals surface area contributed by atoms with E-state index in [1.54, 1.807) is 25.1 Å². The van der Waals surface area contributed by atoms with Gasteiger partial charge in [0.15, 0.2) is 0 Å².